The second-order valence-electron chi connectivity index (χ2n) is 5.29. The lowest BCUT2D eigenvalue weighted by atomic mass is 10.1. The van der Waals surface area contributed by atoms with Gasteiger partial charge in [-0.3, -0.25) is 0 Å². The van der Waals surface area contributed by atoms with Gasteiger partial charge >= 0.3 is 5.97 Å². The first-order valence-electron chi connectivity index (χ1n) is 7.28. The highest BCUT2D eigenvalue weighted by molar-refractivity contribution is 5.86. The molecule has 1 aromatic carbocycles. The van der Waals surface area contributed by atoms with E-state index in [2.05, 4.69) is 10.3 Å². The number of fused-ring (bicyclic) bond motifs is 1. The Morgan fingerprint density at radius 1 is 1.26 bits per heavy atom. The predicted molar refractivity (Wildman–Crippen MR) is 85.3 cm³/mol. The normalized spacial score (nSPS) is 12.4. The van der Waals surface area contributed by atoms with Crippen molar-refractivity contribution in [2.75, 3.05) is 6.54 Å². The van der Waals surface area contributed by atoms with Gasteiger partial charge in [0.2, 0.25) is 0 Å². The van der Waals surface area contributed by atoms with Crippen LogP contribution < -0.4 is 5.32 Å². The fourth-order valence-electron chi connectivity index (χ4n) is 2.38. The molecule has 1 atom stereocenters. The fourth-order valence-corrected chi connectivity index (χ4v) is 2.38. The summed E-state index contributed by atoms with van der Waals surface area (Å²) in [4.78, 5) is 15.0. The number of carbonyl (C=O) groups is 1. The predicted octanol–water partition coefficient (Wildman–Crippen LogP) is 1.86. The number of pyridine rings is 1. The van der Waals surface area contributed by atoms with E-state index in [1.165, 1.54) is 6.20 Å². The Morgan fingerprint density at radius 3 is 2.78 bits per heavy atom. The highest BCUT2D eigenvalue weighted by atomic mass is 16.4. The zero-order valence-electron chi connectivity index (χ0n) is 12.4. The van der Waals surface area contributed by atoms with Gasteiger partial charge in [-0.15, -0.1) is 0 Å². The first kappa shape index (κ1) is 15.2. The van der Waals surface area contributed by atoms with Gasteiger partial charge in [0.15, 0.2) is 5.69 Å². The first-order valence-corrected chi connectivity index (χ1v) is 7.28. The lowest BCUT2D eigenvalue weighted by Gasteiger charge is -2.12. The molecule has 0 fully saturated rings. The molecule has 3 N–H and O–H groups in total. The molecule has 2 heterocycles. The van der Waals surface area contributed by atoms with Crippen LogP contribution in [0.5, 0.6) is 0 Å². The van der Waals surface area contributed by atoms with Crippen LogP contribution in [0.25, 0.3) is 5.65 Å². The smallest absolute Gasteiger partial charge is 0.356 e. The van der Waals surface area contributed by atoms with Crippen LogP contribution in [-0.2, 0) is 6.54 Å². The Kier molecular flexibility index (Phi) is 4.36. The summed E-state index contributed by atoms with van der Waals surface area (Å²) in [5, 5.41) is 22.2. The number of aliphatic hydroxyl groups excluding tert-OH is 1. The van der Waals surface area contributed by atoms with E-state index >= 15 is 0 Å². The average molecular weight is 311 g/mol. The number of hydrogen-bond donors (Lipinski definition) is 3. The summed E-state index contributed by atoms with van der Waals surface area (Å²) in [5.41, 5.74) is 2.45. The molecule has 6 nitrogen and oxygen atoms in total. The largest absolute Gasteiger partial charge is 0.476 e. The van der Waals surface area contributed by atoms with Crippen LogP contribution in [-0.4, -0.2) is 32.1 Å². The number of benzene rings is 1. The van der Waals surface area contributed by atoms with E-state index in [0.29, 0.717) is 18.7 Å². The molecule has 3 aromatic rings. The molecule has 0 saturated carbocycles. The molecule has 1 unspecified atom stereocenters. The Bertz CT molecular complexity index is 814. The summed E-state index contributed by atoms with van der Waals surface area (Å²) < 4.78 is 1.67. The standard InChI is InChI=1S/C17H17N3O3/c21-15(13-4-2-1-3-5-13)10-18-9-12-6-7-20-11-14(17(22)23)19-16(20)8-12/h1-8,11,15,18,21H,9-10H2,(H,22,23). The van der Waals surface area contributed by atoms with Crippen LogP contribution in [0.4, 0.5) is 0 Å². The number of carboxylic acid groups (broad SMARTS) is 1. The van der Waals surface area contributed by atoms with E-state index in [0.717, 1.165) is 11.1 Å². The van der Waals surface area contributed by atoms with Crippen molar-refractivity contribution in [1.29, 1.82) is 0 Å². The van der Waals surface area contributed by atoms with Gasteiger partial charge in [0.1, 0.15) is 5.65 Å². The van der Waals surface area contributed by atoms with Crippen molar-refractivity contribution < 1.29 is 15.0 Å². The zero-order chi connectivity index (χ0) is 16.2. The summed E-state index contributed by atoms with van der Waals surface area (Å²) in [6.45, 7) is 1.000. The Morgan fingerprint density at radius 2 is 2.04 bits per heavy atom. The van der Waals surface area contributed by atoms with E-state index in [1.54, 1.807) is 10.6 Å². The third-order valence-electron chi connectivity index (χ3n) is 3.59. The molecule has 0 aliphatic heterocycles. The molecule has 23 heavy (non-hydrogen) atoms. The van der Waals surface area contributed by atoms with Gasteiger partial charge in [0.05, 0.1) is 6.10 Å². The van der Waals surface area contributed by atoms with E-state index in [4.69, 9.17) is 5.11 Å². The minimum atomic E-state index is -1.04. The Labute approximate surface area is 133 Å². The van der Waals surface area contributed by atoms with Gasteiger partial charge in [0.25, 0.3) is 0 Å². The van der Waals surface area contributed by atoms with Crippen molar-refractivity contribution >= 4 is 11.6 Å². The molecule has 0 radical (unpaired) electrons. The molecule has 0 amide bonds. The summed E-state index contributed by atoms with van der Waals surface area (Å²) in [5.74, 6) is -1.04. The number of imidazole rings is 1. The quantitative estimate of drug-likeness (QED) is 0.647. The third-order valence-corrected chi connectivity index (χ3v) is 3.59. The monoisotopic (exact) mass is 311 g/mol. The number of nitrogens with one attached hydrogen (secondary N) is 1. The number of carboxylic acids is 1. The Balaban J connectivity index is 1.62. The van der Waals surface area contributed by atoms with Crippen LogP contribution in [0, 0.1) is 0 Å². The third kappa shape index (κ3) is 3.56. The van der Waals surface area contributed by atoms with E-state index < -0.39 is 12.1 Å². The van der Waals surface area contributed by atoms with Crippen LogP contribution in [0.15, 0.2) is 54.9 Å². The number of nitrogens with zero attached hydrogens (tertiary/aromatic N) is 2. The molecule has 2 aromatic heterocycles. The van der Waals surface area contributed by atoms with Gasteiger partial charge in [-0.2, -0.15) is 0 Å². The summed E-state index contributed by atoms with van der Waals surface area (Å²) in [6, 6.07) is 13.2. The molecule has 0 aliphatic carbocycles. The number of rotatable bonds is 6. The lowest BCUT2D eigenvalue weighted by Crippen LogP contribution is -2.21. The lowest BCUT2D eigenvalue weighted by molar-refractivity contribution is 0.0691. The molecule has 0 saturated heterocycles. The molecule has 0 spiro atoms. The number of aliphatic hydroxyl groups is 1. The van der Waals surface area contributed by atoms with E-state index in [1.807, 2.05) is 42.5 Å². The molecule has 0 aliphatic rings. The summed E-state index contributed by atoms with van der Waals surface area (Å²) in [7, 11) is 0. The second-order valence-corrected chi connectivity index (χ2v) is 5.29. The van der Waals surface area contributed by atoms with Gasteiger partial charge < -0.3 is 19.9 Å². The minimum absolute atomic E-state index is 0.0228. The molecule has 0 bridgehead atoms. The highest BCUT2D eigenvalue weighted by Gasteiger charge is 2.09. The summed E-state index contributed by atoms with van der Waals surface area (Å²) in [6.07, 6.45) is 2.69. The maximum Gasteiger partial charge on any atom is 0.356 e. The van der Waals surface area contributed by atoms with Crippen molar-refractivity contribution in [2.24, 2.45) is 0 Å². The van der Waals surface area contributed by atoms with Gasteiger partial charge in [0, 0.05) is 25.5 Å². The fraction of sp³-hybridized carbons (Fsp3) is 0.176. The van der Waals surface area contributed by atoms with E-state index in [-0.39, 0.29) is 5.69 Å². The molecular weight excluding hydrogens is 294 g/mol. The van der Waals surface area contributed by atoms with Crippen molar-refractivity contribution in [2.45, 2.75) is 12.6 Å². The SMILES string of the molecule is O=C(O)c1cn2ccc(CNCC(O)c3ccccc3)cc2n1. The molecular formula is C17H17N3O3. The maximum atomic E-state index is 10.9. The number of aromatic carboxylic acids is 1. The molecule has 118 valence electrons. The van der Waals surface area contributed by atoms with Gasteiger partial charge in [-0.25, -0.2) is 9.78 Å². The first-order chi connectivity index (χ1) is 11.1. The van der Waals surface area contributed by atoms with Crippen molar-refractivity contribution in [3.05, 3.63) is 71.7 Å². The van der Waals surface area contributed by atoms with Gasteiger partial charge in [-0.1, -0.05) is 30.3 Å². The minimum Gasteiger partial charge on any atom is -0.476 e. The topological polar surface area (TPSA) is 86.9 Å². The molecule has 6 heteroatoms. The van der Waals surface area contributed by atoms with Crippen LogP contribution >= 0.6 is 0 Å². The molecule has 3 rings (SSSR count). The van der Waals surface area contributed by atoms with Crippen LogP contribution in [0.3, 0.4) is 0 Å². The zero-order valence-corrected chi connectivity index (χ0v) is 12.4. The highest BCUT2D eigenvalue weighted by Crippen LogP contribution is 2.12. The van der Waals surface area contributed by atoms with Gasteiger partial charge in [-0.05, 0) is 23.3 Å². The summed E-state index contributed by atoms with van der Waals surface area (Å²) >= 11 is 0. The van der Waals surface area contributed by atoms with Crippen LogP contribution in [0.1, 0.15) is 27.7 Å². The second kappa shape index (κ2) is 6.60. The average Bonchev–Trinajstić information content (AvgIpc) is 2.99. The Hall–Kier alpha value is -2.70. The van der Waals surface area contributed by atoms with Crippen LogP contribution in [0.2, 0.25) is 0 Å². The number of hydrogen-bond acceptors (Lipinski definition) is 4. The van der Waals surface area contributed by atoms with Crippen molar-refractivity contribution in [3.63, 3.8) is 0 Å². The maximum absolute atomic E-state index is 10.9. The van der Waals surface area contributed by atoms with Crippen molar-refractivity contribution in [1.82, 2.24) is 14.7 Å². The van der Waals surface area contributed by atoms with Crippen molar-refractivity contribution in [3.8, 4) is 0 Å². The number of aromatic nitrogens is 2. The van der Waals surface area contributed by atoms with E-state index in [9.17, 15) is 9.90 Å².